The first-order valence-electron chi connectivity index (χ1n) is 7.39. The van der Waals surface area contributed by atoms with E-state index < -0.39 is 0 Å². The quantitative estimate of drug-likeness (QED) is 0.766. The maximum absolute atomic E-state index is 14.0. The van der Waals surface area contributed by atoms with E-state index in [-0.39, 0.29) is 11.9 Å². The van der Waals surface area contributed by atoms with Gasteiger partial charge in [-0.2, -0.15) is 0 Å². The molecule has 106 valence electrons. The molecule has 2 rings (SSSR count). The summed E-state index contributed by atoms with van der Waals surface area (Å²) in [6.07, 6.45) is 7.30. The Morgan fingerprint density at radius 3 is 2.79 bits per heavy atom. The highest BCUT2D eigenvalue weighted by molar-refractivity contribution is 6.30. The second-order valence-electron chi connectivity index (χ2n) is 5.56. The molecule has 0 spiro atoms. The molecule has 0 heterocycles. The van der Waals surface area contributed by atoms with Crippen molar-refractivity contribution in [3.8, 4) is 0 Å². The van der Waals surface area contributed by atoms with Crippen LogP contribution in [0.3, 0.4) is 0 Å². The fourth-order valence-corrected chi connectivity index (χ4v) is 3.18. The van der Waals surface area contributed by atoms with E-state index in [2.05, 4.69) is 12.2 Å². The first kappa shape index (κ1) is 14.8. The molecule has 1 atom stereocenters. The van der Waals surface area contributed by atoms with Gasteiger partial charge in [-0.25, -0.2) is 4.39 Å². The van der Waals surface area contributed by atoms with Gasteiger partial charge in [-0.05, 0) is 43.5 Å². The summed E-state index contributed by atoms with van der Waals surface area (Å²) in [5.74, 6) is 0.587. The van der Waals surface area contributed by atoms with Gasteiger partial charge >= 0.3 is 0 Å². The number of nitrogens with one attached hydrogen (secondary N) is 1. The summed E-state index contributed by atoms with van der Waals surface area (Å²) < 4.78 is 14.0. The maximum atomic E-state index is 14.0. The molecule has 0 amide bonds. The van der Waals surface area contributed by atoms with Crippen molar-refractivity contribution in [2.45, 2.75) is 51.5 Å². The molecular formula is C16H23ClFN. The molecule has 3 heteroatoms. The Morgan fingerprint density at radius 1 is 1.37 bits per heavy atom. The van der Waals surface area contributed by atoms with Gasteiger partial charge in [0.1, 0.15) is 5.82 Å². The molecule has 0 aromatic heterocycles. The number of rotatable bonds is 6. The van der Waals surface area contributed by atoms with Crippen LogP contribution in [0, 0.1) is 11.7 Å². The van der Waals surface area contributed by atoms with Crippen molar-refractivity contribution in [3.05, 3.63) is 34.6 Å². The Bertz CT molecular complexity index is 402. The van der Waals surface area contributed by atoms with E-state index in [4.69, 9.17) is 11.6 Å². The van der Waals surface area contributed by atoms with Crippen molar-refractivity contribution >= 4 is 11.6 Å². The highest BCUT2D eigenvalue weighted by Crippen LogP contribution is 2.34. The predicted molar refractivity (Wildman–Crippen MR) is 79.0 cm³/mol. The SMILES string of the molecule is CCCNC(CC1CCCC1)c1cc(Cl)ccc1F. The molecule has 19 heavy (non-hydrogen) atoms. The number of hydrogen-bond donors (Lipinski definition) is 1. The van der Waals surface area contributed by atoms with Crippen LogP contribution in [0.1, 0.15) is 57.1 Å². The topological polar surface area (TPSA) is 12.0 Å². The van der Waals surface area contributed by atoms with Gasteiger partial charge in [0.2, 0.25) is 0 Å². The number of benzene rings is 1. The van der Waals surface area contributed by atoms with Crippen LogP contribution in [-0.2, 0) is 0 Å². The van der Waals surface area contributed by atoms with Crippen molar-refractivity contribution in [2.75, 3.05) is 6.54 Å². The molecule has 1 aliphatic rings. The van der Waals surface area contributed by atoms with Gasteiger partial charge < -0.3 is 5.32 Å². The molecule has 1 aromatic rings. The zero-order valence-corrected chi connectivity index (χ0v) is 12.3. The molecule has 1 fully saturated rings. The van der Waals surface area contributed by atoms with Crippen molar-refractivity contribution in [3.63, 3.8) is 0 Å². The molecule has 0 aliphatic heterocycles. The highest BCUT2D eigenvalue weighted by atomic mass is 35.5. The van der Waals surface area contributed by atoms with Crippen molar-refractivity contribution in [2.24, 2.45) is 5.92 Å². The van der Waals surface area contributed by atoms with Crippen LogP contribution in [0.25, 0.3) is 0 Å². The van der Waals surface area contributed by atoms with Crippen molar-refractivity contribution in [1.29, 1.82) is 0 Å². The zero-order valence-electron chi connectivity index (χ0n) is 11.6. The lowest BCUT2D eigenvalue weighted by Gasteiger charge is -2.23. The van der Waals surface area contributed by atoms with E-state index in [9.17, 15) is 4.39 Å². The molecule has 1 aromatic carbocycles. The standard InChI is InChI=1S/C16H23ClFN/c1-2-9-19-16(10-12-5-3-4-6-12)14-11-13(17)7-8-15(14)18/h7-8,11-12,16,19H,2-6,9-10H2,1H3. The van der Waals surface area contributed by atoms with Gasteiger partial charge in [0.25, 0.3) is 0 Å². The molecule has 1 aliphatic carbocycles. The maximum Gasteiger partial charge on any atom is 0.128 e. The van der Waals surface area contributed by atoms with Crippen molar-refractivity contribution < 1.29 is 4.39 Å². The summed E-state index contributed by atoms with van der Waals surface area (Å²) in [6, 6.07) is 4.97. The minimum atomic E-state index is -0.143. The highest BCUT2D eigenvalue weighted by Gasteiger charge is 2.23. The minimum absolute atomic E-state index is 0.0988. The Morgan fingerprint density at radius 2 is 2.11 bits per heavy atom. The summed E-state index contributed by atoms with van der Waals surface area (Å²) in [7, 11) is 0. The molecule has 1 saturated carbocycles. The van der Waals surface area contributed by atoms with E-state index in [0.717, 1.165) is 30.9 Å². The van der Waals surface area contributed by atoms with E-state index >= 15 is 0 Å². The van der Waals surface area contributed by atoms with Crippen LogP contribution >= 0.6 is 11.6 Å². The van der Waals surface area contributed by atoms with Gasteiger partial charge in [-0.1, -0.05) is 44.2 Å². The van der Waals surface area contributed by atoms with E-state index in [1.165, 1.54) is 31.7 Å². The average molecular weight is 284 g/mol. The Balaban J connectivity index is 2.12. The minimum Gasteiger partial charge on any atom is -0.310 e. The molecular weight excluding hydrogens is 261 g/mol. The molecule has 1 N–H and O–H groups in total. The van der Waals surface area contributed by atoms with Gasteiger partial charge in [0.05, 0.1) is 0 Å². The number of hydrogen-bond acceptors (Lipinski definition) is 1. The average Bonchev–Trinajstić information content (AvgIpc) is 2.90. The molecule has 1 unspecified atom stereocenters. The van der Waals surface area contributed by atoms with Crippen LogP contribution in [0.15, 0.2) is 18.2 Å². The number of halogens is 2. The van der Waals surface area contributed by atoms with Gasteiger partial charge in [0.15, 0.2) is 0 Å². The summed E-state index contributed by atoms with van der Waals surface area (Å²) in [5, 5.41) is 4.10. The fraction of sp³-hybridized carbons (Fsp3) is 0.625. The first-order chi connectivity index (χ1) is 9.20. The van der Waals surface area contributed by atoms with Crippen LogP contribution in [0.5, 0.6) is 0 Å². The second-order valence-corrected chi connectivity index (χ2v) is 6.00. The summed E-state index contributed by atoms with van der Waals surface area (Å²) >= 11 is 6.02. The van der Waals surface area contributed by atoms with Gasteiger partial charge in [-0.3, -0.25) is 0 Å². The second kappa shape index (κ2) is 7.25. The van der Waals surface area contributed by atoms with Gasteiger partial charge in [-0.15, -0.1) is 0 Å². The monoisotopic (exact) mass is 283 g/mol. The smallest absolute Gasteiger partial charge is 0.128 e. The van der Waals surface area contributed by atoms with Crippen LogP contribution in [0.2, 0.25) is 5.02 Å². The largest absolute Gasteiger partial charge is 0.310 e. The molecule has 0 radical (unpaired) electrons. The van der Waals surface area contributed by atoms with Crippen LogP contribution in [0.4, 0.5) is 4.39 Å². The Labute approximate surface area is 120 Å². The van der Waals surface area contributed by atoms with E-state index in [1.807, 2.05) is 0 Å². The third-order valence-corrected chi connectivity index (χ3v) is 4.25. The zero-order chi connectivity index (χ0) is 13.7. The first-order valence-corrected chi connectivity index (χ1v) is 7.76. The van der Waals surface area contributed by atoms with Crippen LogP contribution in [-0.4, -0.2) is 6.54 Å². The summed E-state index contributed by atoms with van der Waals surface area (Å²) in [6.45, 7) is 3.05. The lowest BCUT2D eigenvalue weighted by molar-refractivity contribution is 0.385. The summed E-state index contributed by atoms with van der Waals surface area (Å²) in [5.41, 5.74) is 0.729. The van der Waals surface area contributed by atoms with Crippen LogP contribution < -0.4 is 5.32 Å². The van der Waals surface area contributed by atoms with E-state index in [0.29, 0.717) is 5.02 Å². The van der Waals surface area contributed by atoms with Gasteiger partial charge in [0, 0.05) is 16.6 Å². The summed E-state index contributed by atoms with van der Waals surface area (Å²) in [4.78, 5) is 0. The normalized spacial score (nSPS) is 17.8. The fourth-order valence-electron chi connectivity index (χ4n) is 3.00. The molecule has 0 bridgehead atoms. The third kappa shape index (κ3) is 4.19. The predicted octanol–water partition coefficient (Wildman–Crippen LogP) is 5.10. The van der Waals surface area contributed by atoms with E-state index in [1.54, 1.807) is 12.1 Å². The lowest BCUT2D eigenvalue weighted by atomic mass is 9.93. The van der Waals surface area contributed by atoms with Crippen molar-refractivity contribution in [1.82, 2.24) is 5.32 Å². The third-order valence-electron chi connectivity index (χ3n) is 4.02. The molecule has 1 nitrogen and oxygen atoms in total. The molecule has 0 saturated heterocycles. The lowest BCUT2D eigenvalue weighted by Crippen LogP contribution is -2.25. The Hall–Kier alpha value is -0.600. The Kier molecular flexibility index (Phi) is 5.65.